The summed E-state index contributed by atoms with van der Waals surface area (Å²) in [5.41, 5.74) is 1.45. The van der Waals surface area contributed by atoms with E-state index in [1.54, 1.807) is 0 Å². The van der Waals surface area contributed by atoms with Gasteiger partial charge >= 0.3 is 0 Å². The number of ether oxygens (including phenoxy) is 2. The van der Waals surface area contributed by atoms with Crippen molar-refractivity contribution in [1.29, 1.82) is 0 Å². The summed E-state index contributed by atoms with van der Waals surface area (Å²) in [6.45, 7) is 10.7. The summed E-state index contributed by atoms with van der Waals surface area (Å²) < 4.78 is 11.3. The zero-order valence-corrected chi connectivity index (χ0v) is 12.4. The quantitative estimate of drug-likeness (QED) is 0.906. The molecule has 0 aliphatic carbocycles. The number of rotatable bonds is 4. The highest BCUT2D eigenvalue weighted by Crippen LogP contribution is 2.23. The zero-order chi connectivity index (χ0) is 13.9. The average molecular weight is 263 g/mol. The molecule has 0 saturated carbocycles. The maximum atomic E-state index is 5.66. The van der Waals surface area contributed by atoms with Crippen molar-refractivity contribution in [2.24, 2.45) is 0 Å². The third-order valence-electron chi connectivity index (χ3n) is 3.65. The molecule has 3 nitrogen and oxygen atoms in total. The maximum Gasteiger partial charge on any atom is 0.162 e. The van der Waals surface area contributed by atoms with Crippen molar-refractivity contribution in [2.45, 2.75) is 44.9 Å². The van der Waals surface area contributed by atoms with Gasteiger partial charge in [0, 0.05) is 12.0 Å². The fourth-order valence-electron chi connectivity index (χ4n) is 2.20. The fourth-order valence-corrected chi connectivity index (χ4v) is 2.20. The van der Waals surface area contributed by atoms with Gasteiger partial charge in [0.25, 0.3) is 0 Å². The average Bonchev–Trinajstić information content (AvgIpc) is 2.39. The van der Waals surface area contributed by atoms with Gasteiger partial charge < -0.3 is 14.8 Å². The van der Waals surface area contributed by atoms with Crippen LogP contribution in [0.4, 0.5) is 0 Å². The van der Waals surface area contributed by atoms with Gasteiger partial charge in [0.15, 0.2) is 5.79 Å². The van der Waals surface area contributed by atoms with Crippen LogP contribution in [0.15, 0.2) is 30.3 Å². The van der Waals surface area contributed by atoms with E-state index in [4.69, 9.17) is 9.47 Å². The van der Waals surface area contributed by atoms with Gasteiger partial charge in [-0.2, -0.15) is 0 Å². The molecule has 19 heavy (non-hydrogen) atoms. The van der Waals surface area contributed by atoms with Crippen molar-refractivity contribution in [3.8, 4) is 0 Å². The van der Waals surface area contributed by atoms with E-state index in [-0.39, 0.29) is 11.5 Å². The van der Waals surface area contributed by atoms with Crippen LogP contribution in [0.2, 0.25) is 0 Å². The SMILES string of the molecule is CC1(C)OCC(NCC(C)(C)c2ccccc2)CO1. The smallest absolute Gasteiger partial charge is 0.162 e. The van der Waals surface area contributed by atoms with Gasteiger partial charge in [0.1, 0.15) is 0 Å². The zero-order valence-electron chi connectivity index (χ0n) is 12.4. The van der Waals surface area contributed by atoms with E-state index in [1.807, 2.05) is 13.8 Å². The first kappa shape index (κ1) is 14.5. The number of hydrogen-bond donors (Lipinski definition) is 1. The lowest BCUT2D eigenvalue weighted by Gasteiger charge is -2.37. The summed E-state index contributed by atoms with van der Waals surface area (Å²) in [5.74, 6) is -0.437. The highest BCUT2D eigenvalue weighted by Gasteiger charge is 2.29. The van der Waals surface area contributed by atoms with Crippen molar-refractivity contribution in [1.82, 2.24) is 5.32 Å². The van der Waals surface area contributed by atoms with Gasteiger partial charge in [-0.1, -0.05) is 44.2 Å². The molecule has 0 amide bonds. The van der Waals surface area contributed by atoms with Crippen LogP contribution in [0.5, 0.6) is 0 Å². The molecule has 1 aliphatic rings. The van der Waals surface area contributed by atoms with Gasteiger partial charge in [-0.3, -0.25) is 0 Å². The van der Waals surface area contributed by atoms with Crippen LogP contribution in [0, 0.1) is 0 Å². The van der Waals surface area contributed by atoms with Crippen molar-refractivity contribution in [3.63, 3.8) is 0 Å². The Balaban J connectivity index is 1.85. The summed E-state index contributed by atoms with van der Waals surface area (Å²) >= 11 is 0. The molecule has 1 aromatic carbocycles. The Morgan fingerprint density at radius 1 is 1.16 bits per heavy atom. The third-order valence-corrected chi connectivity index (χ3v) is 3.65. The molecule has 106 valence electrons. The predicted molar refractivity (Wildman–Crippen MR) is 77.2 cm³/mol. The Kier molecular flexibility index (Phi) is 4.29. The number of nitrogens with one attached hydrogen (secondary N) is 1. The Morgan fingerprint density at radius 2 is 1.74 bits per heavy atom. The second kappa shape index (κ2) is 5.61. The highest BCUT2D eigenvalue weighted by molar-refractivity contribution is 5.23. The van der Waals surface area contributed by atoms with Crippen molar-refractivity contribution in [3.05, 3.63) is 35.9 Å². The Morgan fingerprint density at radius 3 is 2.32 bits per heavy atom. The summed E-state index contributed by atoms with van der Waals surface area (Å²) in [6.07, 6.45) is 0. The number of benzene rings is 1. The molecule has 2 rings (SSSR count). The Labute approximate surface area is 116 Å². The molecule has 1 heterocycles. The van der Waals surface area contributed by atoms with Crippen LogP contribution in [0.25, 0.3) is 0 Å². The van der Waals surface area contributed by atoms with E-state index in [0.29, 0.717) is 13.2 Å². The summed E-state index contributed by atoms with van der Waals surface area (Å²) in [5, 5.41) is 3.55. The van der Waals surface area contributed by atoms with Gasteiger partial charge in [0.2, 0.25) is 0 Å². The molecule has 0 spiro atoms. The lowest BCUT2D eigenvalue weighted by molar-refractivity contribution is -0.253. The monoisotopic (exact) mass is 263 g/mol. The van der Waals surface area contributed by atoms with Gasteiger partial charge in [-0.05, 0) is 19.4 Å². The van der Waals surface area contributed by atoms with E-state index in [9.17, 15) is 0 Å². The minimum Gasteiger partial charge on any atom is -0.349 e. The molecule has 0 radical (unpaired) electrons. The molecule has 3 heteroatoms. The first-order valence-corrected chi connectivity index (χ1v) is 6.96. The largest absolute Gasteiger partial charge is 0.349 e. The summed E-state index contributed by atoms with van der Waals surface area (Å²) in [4.78, 5) is 0. The number of hydrogen-bond acceptors (Lipinski definition) is 3. The molecule has 1 aromatic rings. The predicted octanol–water partition coefficient (Wildman–Crippen LogP) is 2.71. The molecule has 1 aliphatic heterocycles. The van der Waals surface area contributed by atoms with Crippen LogP contribution >= 0.6 is 0 Å². The highest BCUT2D eigenvalue weighted by atomic mass is 16.7. The topological polar surface area (TPSA) is 30.5 Å². The molecule has 0 atom stereocenters. The maximum absolute atomic E-state index is 5.66. The van der Waals surface area contributed by atoms with E-state index in [0.717, 1.165) is 6.54 Å². The molecule has 0 aromatic heterocycles. The molecule has 0 bridgehead atoms. The molecule has 1 N–H and O–H groups in total. The van der Waals surface area contributed by atoms with Gasteiger partial charge in [-0.15, -0.1) is 0 Å². The Hall–Kier alpha value is -0.900. The van der Waals surface area contributed by atoms with Crippen LogP contribution in [0.1, 0.15) is 33.3 Å². The normalized spacial score (nSPS) is 20.4. The second-order valence-electron chi connectivity index (χ2n) is 6.35. The third kappa shape index (κ3) is 4.03. The first-order valence-electron chi connectivity index (χ1n) is 6.96. The second-order valence-corrected chi connectivity index (χ2v) is 6.35. The standard InChI is InChI=1S/C16H25NO2/c1-15(2,13-8-6-5-7-9-13)12-17-14-10-18-16(3,4)19-11-14/h5-9,14,17H,10-12H2,1-4H3. The van der Waals surface area contributed by atoms with Crippen molar-refractivity contribution >= 4 is 0 Å². The lowest BCUT2D eigenvalue weighted by atomic mass is 9.84. The summed E-state index contributed by atoms with van der Waals surface area (Å²) in [7, 11) is 0. The van der Waals surface area contributed by atoms with Gasteiger partial charge in [0.05, 0.1) is 19.3 Å². The molecule has 1 saturated heterocycles. The van der Waals surface area contributed by atoms with Crippen molar-refractivity contribution in [2.75, 3.05) is 19.8 Å². The first-order chi connectivity index (χ1) is 8.89. The van der Waals surface area contributed by atoms with Crippen LogP contribution in [0.3, 0.4) is 0 Å². The minimum atomic E-state index is -0.437. The molecular weight excluding hydrogens is 238 g/mol. The summed E-state index contributed by atoms with van der Waals surface area (Å²) in [6, 6.07) is 10.9. The van der Waals surface area contributed by atoms with Gasteiger partial charge in [-0.25, -0.2) is 0 Å². The van der Waals surface area contributed by atoms with E-state index in [1.165, 1.54) is 5.56 Å². The van der Waals surface area contributed by atoms with Crippen molar-refractivity contribution < 1.29 is 9.47 Å². The molecule has 1 fully saturated rings. The van der Waals surface area contributed by atoms with Crippen LogP contribution in [-0.4, -0.2) is 31.6 Å². The lowest BCUT2D eigenvalue weighted by Crippen LogP contribution is -2.51. The molecule has 0 unspecified atom stereocenters. The molecular formula is C16H25NO2. The minimum absolute atomic E-state index is 0.105. The van der Waals surface area contributed by atoms with E-state index >= 15 is 0 Å². The van der Waals surface area contributed by atoms with E-state index < -0.39 is 5.79 Å². The van der Waals surface area contributed by atoms with Crippen LogP contribution in [-0.2, 0) is 14.9 Å². The fraction of sp³-hybridized carbons (Fsp3) is 0.625. The Bertz CT molecular complexity index is 390. The van der Waals surface area contributed by atoms with E-state index in [2.05, 4.69) is 49.5 Å². The van der Waals surface area contributed by atoms with Crippen LogP contribution < -0.4 is 5.32 Å².